The summed E-state index contributed by atoms with van der Waals surface area (Å²) in [5, 5.41) is 0. The maximum absolute atomic E-state index is 14.1. The van der Waals surface area contributed by atoms with E-state index in [0.717, 1.165) is 19.7 Å². The van der Waals surface area contributed by atoms with E-state index in [1.807, 2.05) is 27.7 Å². The molecule has 3 saturated heterocycles. The predicted molar refractivity (Wildman–Crippen MR) is 152 cm³/mol. The van der Waals surface area contributed by atoms with Gasteiger partial charge in [0.1, 0.15) is 0 Å². The average Bonchev–Trinajstić information content (AvgIpc) is 3.34. The van der Waals surface area contributed by atoms with Gasteiger partial charge in [0.05, 0.1) is 57.0 Å². The maximum Gasteiger partial charge on any atom is 0.243 e. The summed E-state index contributed by atoms with van der Waals surface area (Å²) in [5.41, 5.74) is 1.81. The Morgan fingerprint density at radius 2 is 0.800 bits per heavy atom. The number of nitrogens with zero attached hydrogens (tertiary/aromatic N) is 2. The second-order valence-corrected chi connectivity index (χ2v) is 19.5. The van der Waals surface area contributed by atoms with Crippen LogP contribution in [0.2, 0.25) is 0 Å². The second-order valence-electron chi connectivity index (χ2n) is 11.5. The smallest absolute Gasteiger partial charge is 0.229 e. The number of fused-ring (bicyclic) bond motifs is 2. The Morgan fingerprint density at radius 3 is 1.02 bits per heavy atom. The standard InChI is InChI=1S/C26H34N2O8S4/c1-17(2)19-5-9-21(10-6-19)39(33,34)27-23-13-37(29,30)15-25(23)28(26-16-38(31,32)14-24(26)27)40(35,36)22-11-7-20(8-12-22)18(3)4/h5-12,17-18,23-26H,13-16H2,1-4H3/t23-,24-,25-,26+/m1/s1. The Bertz CT molecular complexity index is 1570. The lowest BCUT2D eigenvalue weighted by molar-refractivity contribution is 0.0841. The van der Waals surface area contributed by atoms with Crippen LogP contribution in [0.4, 0.5) is 0 Å². The van der Waals surface area contributed by atoms with E-state index < -0.39 is 86.9 Å². The Morgan fingerprint density at radius 1 is 0.550 bits per heavy atom. The Labute approximate surface area is 237 Å². The van der Waals surface area contributed by atoms with Crippen LogP contribution < -0.4 is 0 Å². The number of hydrogen-bond donors (Lipinski definition) is 0. The summed E-state index contributed by atoms with van der Waals surface area (Å²) in [6.07, 6.45) is 0. The van der Waals surface area contributed by atoms with Crippen LogP contribution in [0.1, 0.15) is 50.7 Å². The molecule has 2 aromatic rings. The number of benzene rings is 2. The molecule has 0 amide bonds. The van der Waals surface area contributed by atoms with Crippen LogP contribution >= 0.6 is 0 Å². The molecule has 40 heavy (non-hydrogen) atoms. The molecule has 0 saturated carbocycles. The first-order chi connectivity index (χ1) is 18.4. The summed E-state index contributed by atoms with van der Waals surface area (Å²) in [4.78, 5) is -0.188. The van der Waals surface area contributed by atoms with Gasteiger partial charge in [-0.25, -0.2) is 33.7 Å². The van der Waals surface area contributed by atoms with Crippen molar-refractivity contribution in [2.45, 2.75) is 73.5 Å². The number of sulfone groups is 2. The van der Waals surface area contributed by atoms with E-state index in [-0.39, 0.29) is 21.6 Å². The van der Waals surface area contributed by atoms with E-state index in [4.69, 9.17) is 0 Å². The van der Waals surface area contributed by atoms with Gasteiger partial charge >= 0.3 is 0 Å². The fourth-order valence-electron chi connectivity index (χ4n) is 6.09. The molecule has 0 N–H and O–H groups in total. The molecule has 3 aliphatic heterocycles. The van der Waals surface area contributed by atoms with Gasteiger partial charge in [0, 0.05) is 0 Å². The highest BCUT2D eigenvalue weighted by Crippen LogP contribution is 2.43. The summed E-state index contributed by atoms with van der Waals surface area (Å²) < 4.78 is 110. The van der Waals surface area contributed by atoms with Crippen LogP contribution in [-0.4, -0.2) is 89.5 Å². The third-order valence-electron chi connectivity index (χ3n) is 8.14. The second kappa shape index (κ2) is 9.87. The summed E-state index contributed by atoms with van der Waals surface area (Å²) in [7, 11) is -16.4. The Hall–Kier alpha value is -1.84. The normalized spacial score (nSPS) is 28.6. The van der Waals surface area contributed by atoms with Crippen molar-refractivity contribution in [2.24, 2.45) is 0 Å². The monoisotopic (exact) mass is 630 g/mol. The molecule has 0 spiro atoms. The van der Waals surface area contributed by atoms with Gasteiger partial charge in [-0.2, -0.15) is 8.61 Å². The van der Waals surface area contributed by atoms with Crippen LogP contribution in [0, 0.1) is 0 Å². The molecule has 0 radical (unpaired) electrons. The van der Waals surface area contributed by atoms with Crippen molar-refractivity contribution in [3.05, 3.63) is 59.7 Å². The summed E-state index contributed by atoms with van der Waals surface area (Å²) >= 11 is 0. The number of sulfonamides is 2. The van der Waals surface area contributed by atoms with E-state index in [9.17, 15) is 33.7 Å². The number of hydrogen-bond acceptors (Lipinski definition) is 8. The lowest BCUT2D eigenvalue weighted by Crippen LogP contribution is -2.69. The number of rotatable bonds is 6. The molecule has 2 aromatic carbocycles. The zero-order valence-electron chi connectivity index (χ0n) is 22.7. The molecule has 3 heterocycles. The van der Waals surface area contributed by atoms with Gasteiger partial charge in [-0.3, -0.25) is 0 Å². The molecule has 4 atom stereocenters. The molecule has 0 aromatic heterocycles. The van der Waals surface area contributed by atoms with Crippen molar-refractivity contribution in [3.8, 4) is 0 Å². The van der Waals surface area contributed by atoms with E-state index in [0.29, 0.717) is 0 Å². The average molecular weight is 631 g/mol. The first-order valence-electron chi connectivity index (χ1n) is 13.1. The van der Waals surface area contributed by atoms with Crippen molar-refractivity contribution in [3.63, 3.8) is 0 Å². The molecule has 0 bridgehead atoms. The van der Waals surface area contributed by atoms with Gasteiger partial charge in [0.2, 0.25) is 20.0 Å². The molecule has 5 rings (SSSR count). The summed E-state index contributed by atoms with van der Waals surface area (Å²) in [5.74, 6) is -2.08. The van der Waals surface area contributed by atoms with E-state index >= 15 is 0 Å². The minimum atomic E-state index is -4.38. The van der Waals surface area contributed by atoms with E-state index in [1.54, 1.807) is 24.3 Å². The van der Waals surface area contributed by atoms with Crippen LogP contribution in [0.5, 0.6) is 0 Å². The van der Waals surface area contributed by atoms with E-state index in [1.165, 1.54) is 24.3 Å². The third-order valence-corrected chi connectivity index (χ3v) is 15.5. The van der Waals surface area contributed by atoms with Crippen LogP contribution in [-0.2, 0) is 39.7 Å². The highest BCUT2D eigenvalue weighted by molar-refractivity contribution is 7.93. The highest BCUT2D eigenvalue weighted by atomic mass is 32.2. The summed E-state index contributed by atoms with van der Waals surface area (Å²) in [6, 6.07) is 7.35. The topological polar surface area (TPSA) is 143 Å². The SMILES string of the molecule is CC(C)c1ccc(S(=O)(=O)N2[C@@H]3CS(=O)(=O)C[C@H]3N(S(=O)(=O)c3ccc(C(C)C)cc3)[C@H]3CS(=O)(=O)C[C@H]32)cc1. The predicted octanol–water partition coefficient (Wildman–Crippen LogP) is 1.96. The molecule has 220 valence electrons. The molecule has 3 aliphatic rings. The fourth-order valence-corrected chi connectivity index (χ4v) is 14.1. The highest BCUT2D eigenvalue weighted by Gasteiger charge is 2.63. The fraction of sp³-hybridized carbons (Fsp3) is 0.538. The lowest BCUT2D eigenvalue weighted by atomic mass is 10.0. The van der Waals surface area contributed by atoms with Crippen molar-refractivity contribution >= 4 is 39.7 Å². The summed E-state index contributed by atoms with van der Waals surface area (Å²) in [6.45, 7) is 7.84. The Kier molecular flexibility index (Phi) is 7.32. The molecule has 14 heteroatoms. The zero-order valence-corrected chi connectivity index (χ0v) is 26.0. The third kappa shape index (κ3) is 5.04. The van der Waals surface area contributed by atoms with Crippen molar-refractivity contribution in [1.82, 2.24) is 8.61 Å². The quantitative estimate of drug-likeness (QED) is 0.472. The van der Waals surface area contributed by atoms with E-state index in [2.05, 4.69) is 0 Å². The molecular weight excluding hydrogens is 597 g/mol. The van der Waals surface area contributed by atoms with Crippen molar-refractivity contribution in [2.75, 3.05) is 23.0 Å². The lowest BCUT2D eigenvalue weighted by Gasteiger charge is -2.49. The molecule has 10 nitrogen and oxygen atoms in total. The minimum absolute atomic E-state index is 0.0939. The minimum Gasteiger partial charge on any atom is -0.229 e. The zero-order chi connectivity index (χ0) is 29.4. The van der Waals surface area contributed by atoms with Crippen LogP contribution in [0.25, 0.3) is 0 Å². The van der Waals surface area contributed by atoms with Gasteiger partial charge < -0.3 is 0 Å². The first-order valence-corrected chi connectivity index (χ1v) is 19.6. The number of piperazine rings is 1. The molecular formula is C26H34N2O8S4. The van der Waals surface area contributed by atoms with Crippen molar-refractivity contribution in [1.29, 1.82) is 0 Å². The maximum atomic E-state index is 14.1. The largest absolute Gasteiger partial charge is 0.243 e. The molecule has 0 aliphatic carbocycles. The Balaban J connectivity index is 1.65. The molecule has 3 fully saturated rings. The van der Waals surface area contributed by atoms with Gasteiger partial charge in [0.15, 0.2) is 19.7 Å². The molecule has 0 unspecified atom stereocenters. The first kappa shape index (κ1) is 29.6. The van der Waals surface area contributed by atoms with Gasteiger partial charge in [-0.05, 0) is 47.2 Å². The van der Waals surface area contributed by atoms with Gasteiger partial charge in [-0.1, -0.05) is 52.0 Å². The van der Waals surface area contributed by atoms with Crippen molar-refractivity contribution < 1.29 is 33.7 Å². The van der Waals surface area contributed by atoms with Crippen LogP contribution in [0.15, 0.2) is 58.3 Å². The van der Waals surface area contributed by atoms with Gasteiger partial charge in [-0.15, -0.1) is 0 Å². The van der Waals surface area contributed by atoms with Crippen LogP contribution in [0.3, 0.4) is 0 Å². The van der Waals surface area contributed by atoms with Gasteiger partial charge in [0.25, 0.3) is 0 Å².